The van der Waals surface area contributed by atoms with Gasteiger partial charge in [-0.25, -0.2) is 18.1 Å². The van der Waals surface area contributed by atoms with Gasteiger partial charge < -0.3 is 0 Å². The van der Waals surface area contributed by atoms with Gasteiger partial charge in [0.05, 0.1) is 5.69 Å². The molecule has 2 aromatic rings. The van der Waals surface area contributed by atoms with Crippen LogP contribution < -0.4 is 0 Å². The van der Waals surface area contributed by atoms with Crippen LogP contribution in [0, 0.1) is 0 Å². The molecule has 0 amide bonds. The lowest BCUT2D eigenvalue weighted by molar-refractivity contribution is 0.608. The van der Waals surface area contributed by atoms with E-state index in [1.54, 1.807) is 18.3 Å². The molecule has 0 bridgehead atoms. The van der Waals surface area contributed by atoms with Crippen molar-refractivity contribution < 1.29 is 8.42 Å². The van der Waals surface area contributed by atoms with Crippen molar-refractivity contribution in [3.05, 3.63) is 33.6 Å². The van der Waals surface area contributed by atoms with Crippen LogP contribution in [0.1, 0.15) is 24.5 Å². The lowest BCUT2D eigenvalue weighted by Crippen LogP contribution is -2.00. The molecular weight excluding hydrogens is 389 g/mol. The van der Waals surface area contributed by atoms with Crippen LogP contribution in [-0.4, -0.2) is 23.2 Å². The van der Waals surface area contributed by atoms with Crippen LogP contribution in [-0.2, 0) is 9.05 Å². The van der Waals surface area contributed by atoms with Crippen LogP contribution in [0.5, 0.6) is 0 Å². The topological polar surface area (TPSA) is 64.8 Å². The van der Waals surface area contributed by atoms with Crippen molar-refractivity contribution in [3.8, 4) is 5.82 Å². The summed E-state index contributed by atoms with van der Waals surface area (Å²) >= 11 is 9.42. The fourth-order valence-electron chi connectivity index (χ4n) is 1.89. The fraction of sp³-hybridized carbons (Fsp3) is 0.273. The molecule has 1 fully saturated rings. The third kappa shape index (κ3) is 2.59. The molecule has 106 valence electrons. The minimum atomic E-state index is -3.94. The summed E-state index contributed by atoms with van der Waals surface area (Å²) in [6.07, 6.45) is 3.36. The number of hydrogen-bond donors (Lipinski definition) is 0. The molecule has 1 aliphatic rings. The maximum Gasteiger partial charge on any atom is 0.266 e. The number of aromatic nitrogens is 3. The van der Waals surface area contributed by atoms with Crippen LogP contribution in [0.15, 0.2) is 27.7 Å². The van der Waals surface area contributed by atoms with Gasteiger partial charge in [0, 0.05) is 27.3 Å². The minimum absolute atomic E-state index is 0.0308. The number of nitrogens with zero attached hydrogens (tertiary/aromatic N) is 3. The molecule has 2 aromatic heterocycles. The molecule has 0 N–H and O–H groups in total. The van der Waals surface area contributed by atoms with E-state index in [0.29, 0.717) is 11.5 Å². The molecule has 9 heteroatoms. The van der Waals surface area contributed by atoms with Gasteiger partial charge in [-0.05, 0) is 40.9 Å². The molecule has 0 spiro atoms. The molecule has 0 aromatic carbocycles. The normalized spacial score (nSPS) is 15.6. The predicted octanol–water partition coefficient (Wildman–Crippen LogP) is 3.49. The van der Waals surface area contributed by atoms with E-state index < -0.39 is 9.05 Å². The predicted molar refractivity (Wildman–Crippen MR) is 79.1 cm³/mol. The van der Waals surface area contributed by atoms with Crippen LogP contribution >= 0.6 is 38.2 Å². The van der Waals surface area contributed by atoms with Crippen molar-refractivity contribution in [2.75, 3.05) is 0 Å². The molecule has 0 saturated heterocycles. The first-order valence-electron chi connectivity index (χ1n) is 5.73. The highest BCUT2D eigenvalue weighted by molar-refractivity contribution is 9.10. The van der Waals surface area contributed by atoms with Gasteiger partial charge in [-0.1, -0.05) is 11.6 Å². The minimum Gasteiger partial charge on any atom is -0.236 e. The van der Waals surface area contributed by atoms with E-state index in [0.717, 1.165) is 17.3 Å². The average molecular weight is 397 g/mol. The highest BCUT2D eigenvalue weighted by Gasteiger charge is 2.36. The molecule has 1 aliphatic carbocycles. The smallest absolute Gasteiger partial charge is 0.236 e. The molecule has 2 heterocycles. The lowest BCUT2D eigenvalue weighted by atomic mass is 10.3. The Hall–Kier alpha value is -0.630. The molecule has 0 radical (unpaired) electrons. The van der Waals surface area contributed by atoms with Crippen LogP contribution in [0.25, 0.3) is 5.82 Å². The van der Waals surface area contributed by atoms with Crippen molar-refractivity contribution in [3.63, 3.8) is 0 Å². The Labute approximate surface area is 133 Å². The van der Waals surface area contributed by atoms with Gasteiger partial charge in [0.2, 0.25) is 0 Å². The Balaban J connectivity index is 2.20. The van der Waals surface area contributed by atoms with Gasteiger partial charge >= 0.3 is 0 Å². The summed E-state index contributed by atoms with van der Waals surface area (Å²) in [7, 11) is 1.53. The molecule has 0 unspecified atom stereocenters. The Bertz CT molecular complexity index is 770. The van der Waals surface area contributed by atoms with E-state index >= 15 is 0 Å². The molecule has 20 heavy (non-hydrogen) atoms. The largest absolute Gasteiger partial charge is 0.266 e. The summed E-state index contributed by atoms with van der Waals surface area (Å²) in [5.41, 5.74) is 0.426. The first-order valence-corrected chi connectivity index (χ1v) is 9.21. The van der Waals surface area contributed by atoms with Crippen molar-refractivity contribution in [1.82, 2.24) is 14.8 Å². The van der Waals surface area contributed by atoms with Crippen molar-refractivity contribution in [1.29, 1.82) is 0 Å². The first-order chi connectivity index (χ1) is 9.38. The Morgan fingerprint density at radius 1 is 1.35 bits per heavy atom. The van der Waals surface area contributed by atoms with Gasteiger partial charge in [-0.15, -0.1) is 0 Å². The molecule has 0 atom stereocenters. The van der Waals surface area contributed by atoms with Gasteiger partial charge in [-0.3, -0.25) is 0 Å². The number of rotatable bonds is 3. The third-order valence-electron chi connectivity index (χ3n) is 2.95. The Morgan fingerprint density at radius 3 is 2.55 bits per heavy atom. The summed E-state index contributed by atoms with van der Waals surface area (Å²) < 4.78 is 25.5. The molecule has 0 aliphatic heterocycles. The van der Waals surface area contributed by atoms with Crippen molar-refractivity contribution in [2.45, 2.75) is 23.7 Å². The highest BCUT2D eigenvalue weighted by atomic mass is 79.9. The summed E-state index contributed by atoms with van der Waals surface area (Å²) in [4.78, 5) is 4.05. The van der Waals surface area contributed by atoms with E-state index in [9.17, 15) is 8.42 Å². The number of hydrogen-bond acceptors (Lipinski definition) is 4. The van der Waals surface area contributed by atoms with E-state index in [1.165, 1.54) is 4.68 Å². The quantitative estimate of drug-likeness (QED) is 0.745. The zero-order valence-corrected chi connectivity index (χ0v) is 13.8. The van der Waals surface area contributed by atoms with Crippen molar-refractivity contribution >= 4 is 47.3 Å². The fourth-order valence-corrected chi connectivity index (χ4v) is 3.97. The van der Waals surface area contributed by atoms with Gasteiger partial charge in [0.15, 0.2) is 11.0 Å². The van der Waals surface area contributed by atoms with E-state index in [-0.39, 0.29) is 16.0 Å². The second-order valence-corrected chi connectivity index (χ2v) is 8.24. The zero-order chi connectivity index (χ0) is 14.5. The summed E-state index contributed by atoms with van der Waals surface area (Å²) in [6.45, 7) is 0. The summed E-state index contributed by atoms with van der Waals surface area (Å²) in [5, 5.41) is 4.25. The second kappa shape index (κ2) is 4.98. The average Bonchev–Trinajstić information content (AvgIpc) is 3.13. The van der Waals surface area contributed by atoms with Gasteiger partial charge in [-0.2, -0.15) is 5.10 Å². The van der Waals surface area contributed by atoms with Gasteiger partial charge in [0.25, 0.3) is 9.05 Å². The summed E-state index contributed by atoms with van der Waals surface area (Å²) in [6, 6.07) is 3.45. The van der Waals surface area contributed by atoms with Crippen molar-refractivity contribution in [2.24, 2.45) is 0 Å². The Morgan fingerprint density at radius 2 is 2.05 bits per heavy atom. The van der Waals surface area contributed by atoms with E-state index in [1.807, 2.05) is 0 Å². The van der Waals surface area contributed by atoms with E-state index in [4.69, 9.17) is 22.3 Å². The van der Waals surface area contributed by atoms with Crippen LogP contribution in [0.3, 0.4) is 0 Å². The zero-order valence-electron chi connectivity index (χ0n) is 9.92. The number of halogens is 3. The molecule has 5 nitrogen and oxygen atoms in total. The SMILES string of the molecule is O=S(=O)(Cl)c1c(C2CC2)nn(-c2ccc(Br)cn2)c1Cl. The van der Waals surface area contributed by atoms with Gasteiger partial charge in [0.1, 0.15) is 4.90 Å². The Kier molecular flexibility index (Phi) is 3.56. The monoisotopic (exact) mass is 395 g/mol. The first kappa shape index (κ1) is 14.3. The highest BCUT2D eigenvalue weighted by Crippen LogP contribution is 2.45. The number of pyridine rings is 1. The summed E-state index contributed by atoms with van der Waals surface area (Å²) in [5.74, 6) is 0.541. The third-order valence-corrected chi connectivity index (χ3v) is 5.23. The molecular formula is C11H8BrCl2N3O2S. The standard InChI is InChI=1S/C11H8BrCl2N3O2S/c12-7-3-4-8(15-5-7)17-11(13)10(20(14,18)19)9(16-17)6-1-2-6/h3-6H,1-2H2. The molecule has 3 rings (SSSR count). The maximum atomic E-state index is 11.7. The lowest BCUT2D eigenvalue weighted by Gasteiger charge is -2.01. The molecule has 1 saturated carbocycles. The van der Waals surface area contributed by atoms with Crippen LogP contribution in [0.4, 0.5) is 0 Å². The second-order valence-electron chi connectivity index (χ2n) is 4.46. The van der Waals surface area contributed by atoms with E-state index in [2.05, 4.69) is 26.0 Å². The maximum absolute atomic E-state index is 11.7. The van der Waals surface area contributed by atoms with Crippen LogP contribution in [0.2, 0.25) is 5.15 Å².